The van der Waals surface area contributed by atoms with Crippen LogP contribution in [0.4, 0.5) is 0 Å². The average molecular weight is 723 g/mol. The fraction of sp³-hybridized carbons (Fsp3) is 0.195. The minimum Gasteiger partial charge on any atom is -0.493 e. The van der Waals surface area contributed by atoms with Crippen molar-refractivity contribution in [3.05, 3.63) is 160 Å². The van der Waals surface area contributed by atoms with Crippen LogP contribution in [0.15, 0.2) is 132 Å². The Morgan fingerprint density at radius 3 is 2.08 bits per heavy atom. The third-order valence-electron chi connectivity index (χ3n) is 8.55. The summed E-state index contributed by atoms with van der Waals surface area (Å²) in [5.41, 5.74) is 5.18. The largest absolute Gasteiger partial charge is 0.493 e. The van der Waals surface area contributed by atoms with Crippen LogP contribution in [0.2, 0.25) is 5.02 Å². The number of sulfonamides is 1. The average Bonchev–Trinajstić information content (AvgIpc) is 3.40. The highest BCUT2D eigenvalue weighted by Gasteiger charge is 2.27. The fourth-order valence-corrected chi connectivity index (χ4v) is 7.72. The van der Waals surface area contributed by atoms with Gasteiger partial charge in [-0.15, -0.1) is 0 Å². The Kier molecular flexibility index (Phi) is 11.1. The van der Waals surface area contributed by atoms with Crippen molar-refractivity contribution in [2.45, 2.75) is 43.7 Å². The molecule has 6 aromatic rings. The first-order valence-corrected chi connectivity index (χ1v) is 18.6. The van der Waals surface area contributed by atoms with Gasteiger partial charge in [-0.1, -0.05) is 84.4 Å². The van der Waals surface area contributed by atoms with Crippen LogP contribution >= 0.6 is 11.6 Å². The summed E-state index contributed by atoms with van der Waals surface area (Å²) >= 11 is 6.63. The van der Waals surface area contributed by atoms with Gasteiger partial charge in [0.25, 0.3) is 0 Å². The Balaban J connectivity index is 1.42. The van der Waals surface area contributed by atoms with Gasteiger partial charge in [0.15, 0.2) is 0 Å². The maximum atomic E-state index is 13.7. The molecule has 0 fully saturated rings. The molecule has 10 heteroatoms. The highest BCUT2D eigenvalue weighted by Crippen LogP contribution is 2.38. The fourth-order valence-electron chi connectivity index (χ4n) is 6.38. The smallest absolute Gasteiger partial charge is 0.335 e. The third-order valence-corrected chi connectivity index (χ3v) is 10.3. The summed E-state index contributed by atoms with van der Waals surface area (Å²) in [5, 5.41) is 10.8. The molecule has 1 heterocycles. The lowest BCUT2D eigenvalue weighted by atomic mass is 9.97. The first-order chi connectivity index (χ1) is 24.6. The number of nitrogens with one attached hydrogen (secondary N) is 1. The van der Waals surface area contributed by atoms with Gasteiger partial charge in [0.2, 0.25) is 10.0 Å². The summed E-state index contributed by atoms with van der Waals surface area (Å²) in [7, 11) is -3.93. The minimum atomic E-state index is -3.93. The van der Waals surface area contributed by atoms with E-state index in [1.165, 1.54) is 12.1 Å². The van der Waals surface area contributed by atoms with Crippen LogP contribution in [0, 0.1) is 0 Å². The number of carboxylic acids is 1. The van der Waals surface area contributed by atoms with E-state index in [9.17, 15) is 18.3 Å². The topological polar surface area (TPSA) is 107 Å². The Labute approximate surface area is 303 Å². The zero-order valence-electron chi connectivity index (χ0n) is 28.3. The van der Waals surface area contributed by atoms with Crippen LogP contribution in [0.5, 0.6) is 11.5 Å². The van der Waals surface area contributed by atoms with Gasteiger partial charge < -0.3 is 19.1 Å². The number of carboxylic acid groups (broad SMARTS) is 1. The number of benzene rings is 5. The monoisotopic (exact) mass is 722 g/mol. The molecule has 0 radical (unpaired) electrons. The van der Waals surface area contributed by atoms with Gasteiger partial charge in [0.05, 0.1) is 24.3 Å². The van der Waals surface area contributed by atoms with Gasteiger partial charge in [0, 0.05) is 41.0 Å². The number of nitrogens with zero attached hydrogens (tertiary/aromatic N) is 1. The van der Waals surface area contributed by atoms with Crippen LogP contribution < -0.4 is 14.2 Å². The molecule has 2 N–H and O–H groups in total. The van der Waals surface area contributed by atoms with Crippen LogP contribution in [-0.4, -0.2) is 43.3 Å². The number of fused-ring (bicyclic) bond motifs is 1. The van der Waals surface area contributed by atoms with Gasteiger partial charge in [-0.05, 0) is 85.1 Å². The van der Waals surface area contributed by atoms with Crippen LogP contribution in [-0.2, 0) is 22.9 Å². The van der Waals surface area contributed by atoms with Crippen molar-refractivity contribution in [3.8, 4) is 11.5 Å². The molecule has 0 amide bonds. The lowest BCUT2D eigenvalue weighted by molar-refractivity contribution is 0.0696. The highest BCUT2D eigenvalue weighted by molar-refractivity contribution is 7.89. The Morgan fingerprint density at radius 1 is 0.824 bits per heavy atom. The van der Waals surface area contributed by atoms with Gasteiger partial charge in [-0.25, -0.2) is 17.9 Å². The minimum absolute atomic E-state index is 0.0833. The van der Waals surface area contributed by atoms with Gasteiger partial charge >= 0.3 is 5.97 Å². The van der Waals surface area contributed by atoms with Crippen molar-refractivity contribution >= 4 is 38.5 Å². The SMILES string of the molecule is CC(C)Oc1ccccc1S(=O)(=O)NCCc1c(CCOc2ccc(C(=O)O)cc2)c2cc(Cl)ccc2n1C(c1ccccc1)c1ccccc1. The van der Waals surface area contributed by atoms with Crippen LogP contribution in [0.3, 0.4) is 0 Å². The number of para-hydroxylation sites is 1. The molecule has 6 rings (SSSR count). The molecule has 0 bridgehead atoms. The number of rotatable bonds is 15. The van der Waals surface area contributed by atoms with Crippen molar-refractivity contribution in [3.63, 3.8) is 0 Å². The van der Waals surface area contributed by atoms with Crippen molar-refractivity contribution in [1.29, 1.82) is 0 Å². The Hall–Kier alpha value is -5.09. The molecule has 1 aromatic heterocycles. The highest BCUT2D eigenvalue weighted by atomic mass is 35.5. The van der Waals surface area contributed by atoms with E-state index in [0.717, 1.165) is 33.3 Å². The van der Waals surface area contributed by atoms with E-state index in [1.54, 1.807) is 36.4 Å². The van der Waals surface area contributed by atoms with E-state index in [-0.39, 0.29) is 35.8 Å². The maximum absolute atomic E-state index is 13.7. The van der Waals surface area contributed by atoms with Crippen molar-refractivity contribution in [2.24, 2.45) is 0 Å². The second-order valence-electron chi connectivity index (χ2n) is 12.4. The maximum Gasteiger partial charge on any atom is 0.335 e. The summed E-state index contributed by atoms with van der Waals surface area (Å²) in [6, 6.07) is 39.0. The molecule has 0 spiro atoms. The zero-order chi connectivity index (χ0) is 36.0. The summed E-state index contributed by atoms with van der Waals surface area (Å²) in [6.07, 6.45) is 0.641. The number of hydrogen-bond donors (Lipinski definition) is 2. The molecule has 0 atom stereocenters. The van der Waals surface area contributed by atoms with Crippen molar-refractivity contribution < 1.29 is 27.8 Å². The second kappa shape index (κ2) is 15.9. The normalized spacial score (nSPS) is 11.7. The summed E-state index contributed by atoms with van der Waals surface area (Å²) < 4.78 is 44.5. The first kappa shape index (κ1) is 35.7. The molecule has 0 saturated carbocycles. The quantitative estimate of drug-likeness (QED) is 0.110. The number of ether oxygens (including phenoxy) is 2. The summed E-state index contributed by atoms with van der Waals surface area (Å²) in [4.78, 5) is 11.4. The van der Waals surface area contributed by atoms with E-state index < -0.39 is 16.0 Å². The summed E-state index contributed by atoms with van der Waals surface area (Å²) in [5.74, 6) is -0.162. The number of aromatic nitrogens is 1. The van der Waals surface area contributed by atoms with Gasteiger partial charge in [-0.3, -0.25) is 0 Å². The predicted molar refractivity (Wildman–Crippen MR) is 201 cm³/mol. The van der Waals surface area contributed by atoms with Gasteiger partial charge in [0.1, 0.15) is 16.4 Å². The van der Waals surface area contributed by atoms with Crippen molar-refractivity contribution in [2.75, 3.05) is 13.2 Å². The summed E-state index contributed by atoms with van der Waals surface area (Å²) in [6.45, 7) is 4.11. The van der Waals surface area contributed by atoms with E-state index in [2.05, 4.69) is 33.6 Å². The first-order valence-electron chi connectivity index (χ1n) is 16.7. The molecule has 262 valence electrons. The van der Waals surface area contributed by atoms with Crippen molar-refractivity contribution in [1.82, 2.24) is 9.29 Å². The number of halogens is 1. The number of carbonyl (C=O) groups is 1. The lowest BCUT2D eigenvalue weighted by Crippen LogP contribution is -2.28. The van der Waals surface area contributed by atoms with Gasteiger partial charge in [-0.2, -0.15) is 0 Å². The molecule has 0 saturated heterocycles. The number of hydrogen-bond acceptors (Lipinski definition) is 5. The predicted octanol–water partition coefficient (Wildman–Crippen LogP) is 8.56. The molecule has 0 aliphatic heterocycles. The van der Waals surface area contributed by atoms with E-state index in [4.69, 9.17) is 21.1 Å². The standard InChI is InChI=1S/C41H39ClN2O6S/c1-28(2)50-38-15-9-10-16-39(38)51(47,48)43-25-23-37-34(24-26-49-33-20-17-31(18-21-33)41(45)46)35-27-32(42)19-22-36(35)44(37)40(29-11-5-3-6-12-29)30-13-7-4-8-14-30/h3-22,27-28,40,43H,23-26H2,1-2H3,(H,45,46). The Morgan fingerprint density at radius 2 is 1.45 bits per heavy atom. The second-order valence-corrected chi connectivity index (χ2v) is 14.5. The van der Waals surface area contributed by atoms with Crippen LogP contribution in [0.25, 0.3) is 10.9 Å². The molecule has 51 heavy (non-hydrogen) atoms. The van der Waals surface area contributed by atoms with E-state index >= 15 is 0 Å². The number of aromatic carboxylic acids is 1. The third kappa shape index (κ3) is 8.28. The molecule has 5 aromatic carbocycles. The molecule has 8 nitrogen and oxygen atoms in total. The molecule has 0 aliphatic carbocycles. The van der Waals surface area contributed by atoms with E-state index in [0.29, 0.717) is 29.4 Å². The molecule has 0 unspecified atom stereocenters. The molecule has 0 aliphatic rings. The lowest BCUT2D eigenvalue weighted by Gasteiger charge is -2.25. The van der Waals surface area contributed by atoms with E-state index in [1.807, 2.05) is 68.4 Å². The molecular formula is C41H39ClN2O6S. The van der Waals surface area contributed by atoms with Crippen LogP contribution in [0.1, 0.15) is 52.6 Å². The Bertz CT molecular complexity index is 2180. The molecular weight excluding hydrogens is 684 g/mol. The zero-order valence-corrected chi connectivity index (χ0v) is 29.9.